The summed E-state index contributed by atoms with van der Waals surface area (Å²) in [6.07, 6.45) is -0.205. The Bertz CT molecular complexity index is 496. The molecule has 0 radical (unpaired) electrons. The van der Waals surface area contributed by atoms with E-state index in [2.05, 4.69) is 0 Å². The molecule has 0 aliphatic heterocycles. The SMILES string of the molecule is N#Cc1ccc(F)cc1CS(=O)CCC(=O)O. The first-order chi connectivity index (χ1) is 8.02. The van der Waals surface area contributed by atoms with Crippen molar-refractivity contribution >= 4 is 16.8 Å². The van der Waals surface area contributed by atoms with Gasteiger partial charge in [0.25, 0.3) is 0 Å². The van der Waals surface area contributed by atoms with Crippen molar-refractivity contribution in [1.82, 2.24) is 0 Å². The molecule has 1 aromatic rings. The van der Waals surface area contributed by atoms with Gasteiger partial charge in [0.2, 0.25) is 0 Å². The summed E-state index contributed by atoms with van der Waals surface area (Å²) in [5, 5.41) is 17.2. The van der Waals surface area contributed by atoms with Crippen LogP contribution in [0.25, 0.3) is 0 Å². The van der Waals surface area contributed by atoms with Crippen LogP contribution >= 0.6 is 0 Å². The molecule has 90 valence electrons. The molecular formula is C11H10FNO3S. The van der Waals surface area contributed by atoms with Gasteiger partial charge in [-0.2, -0.15) is 5.26 Å². The highest BCUT2D eigenvalue weighted by molar-refractivity contribution is 7.84. The van der Waals surface area contributed by atoms with E-state index in [9.17, 15) is 13.4 Å². The van der Waals surface area contributed by atoms with Crippen LogP contribution in [0.15, 0.2) is 18.2 Å². The van der Waals surface area contributed by atoms with Gasteiger partial charge in [-0.15, -0.1) is 0 Å². The number of carbonyl (C=O) groups is 1. The monoisotopic (exact) mass is 255 g/mol. The lowest BCUT2D eigenvalue weighted by molar-refractivity contribution is -0.136. The quantitative estimate of drug-likeness (QED) is 0.863. The lowest BCUT2D eigenvalue weighted by atomic mass is 10.1. The lowest BCUT2D eigenvalue weighted by Crippen LogP contribution is -2.07. The number of carboxylic acid groups (broad SMARTS) is 1. The second-order valence-corrected chi connectivity index (χ2v) is 4.92. The number of halogens is 1. The second-order valence-electron chi connectivity index (χ2n) is 3.35. The minimum absolute atomic E-state index is 0.00326. The Morgan fingerprint density at radius 1 is 1.53 bits per heavy atom. The number of rotatable bonds is 5. The maximum atomic E-state index is 12.9. The van der Waals surface area contributed by atoms with Crippen LogP contribution < -0.4 is 0 Å². The van der Waals surface area contributed by atoms with Gasteiger partial charge in [-0.05, 0) is 23.8 Å². The normalized spacial score (nSPS) is 11.8. The largest absolute Gasteiger partial charge is 0.481 e. The van der Waals surface area contributed by atoms with Crippen molar-refractivity contribution in [2.75, 3.05) is 5.75 Å². The summed E-state index contributed by atoms with van der Waals surface area (Å²) >= 11 is 0. The van der Waals surface area contributed by atoms with Crippen molar-refractivity contribution in [3.05, 3.63) is 35.1 Å². The zero-order valence-electron chi connectivity index (χ0n) is 8.85. The molecule has 1 aromatic carbocycles. The highest BCUT2D eigenvalue weighted by Crippen LogP contribution is 2.13. The van der Waals surface area contributed by atoms with Crippen LogP contribution in [0, 0.1) is 17.1 Å². The van der Waals surface area contributed by atoms with Gasteiger partial charge in [0.05, 0.1) is 18.1 Å². The predicted molar refractivity (Wildman–Crippen MR) is 60.1 cm³/mol. The molecule has 0 spiro atoms. The average molecular weight is 255 g/mol. The molecule has 1 atom stereocenters. The molecular weight excluding hydrogens is 245 g/mol. The van der Waals surface area contributed by atoms with E-state index in [1.54, 1.807) is 0 Å². The first-order valence-corrected chi connectivity index (χ1v) is 6.27. The fourth-order valence-corrected chi connectivity index (χ4v) is 2.37. The van der Waals surface area contributed by atoms with Gasteiger partial charge in [0, 0.05) is 22.3 Å². The molecule has 0 saturated carbocycles. The van der Waals surface area contributed by atoms with E-state index in [1.807, 2.05) is 6.07 Å². The molecule has 0 aromatic heterocycles. The molecule has 0 fully saturated rings. The zero-order chi connectivity index (χ0) is 12.8. The Morgan fingerprint density at radius 2 is 2.24 bits per heavy atom. The molecule has 0 heterocycles. The minimum Gasteiger partial charge on any atom is -0.481 e. The standard InChI is InChI=1S/C11H10FNO3S/c12-10-2-1-8(6-13)9(5-10)7-17(16)4-3-11(14)15/h1-2,5H,3-4,7H2,(H,14,15). The summed E-state index contributed by atoms with van der Waals surface area (Å²) in [5.41, 5.74) is 0.603. The van der Waals surface area contributed by atoms with Crippen molar-refractivity contribution in [2.45, 2.75) is 12.2 Å². The Labute approximate surface area is 100 Å². The fourth-order valence-electron chi connectivity index (χ4n) is 1.24. The maximum absolute atomic E-state index is 12.9. The van der Waals surface area contributed by atoms with Gasteiger partial charge in [0.15, 0.2) is 0 Å². The third-order valence-corrected chi connectivity index (χ3v) is 3.34. The van der Waals surface area contributed by atoms with Crippen molar-refractivity contribution in [1.29, 1.82) is 5.26 Å². The summed E-state index contributed by atoms with van der Waals surface area (Å²) in [7, 11) is -1.41. The third kappa shape index (κ3) is 4.33. The number of nitriles is 1. The fraction of sp³-hybridized carbons (Fsp3) is 0.273. The van der Waals surface area contributed by atoms with Gasteiger partial charge in [-0.1, -0.05) is 0 Å². The van der Waals surface area contributed by atoms with Crippen LogP contribution in [0.5, 0.6) is 0 Å². The van der Waals surface area contributed by atoms with Crippen LogP contribution in [0.3, 0.4) is 0 Å². The average Bonchev–Trinajstić information content (AvgIpc) is 2.27. The molecule has 0 aliphatic carbocycles. The maximum Gasteiger partial charge on any atom is 0.304 e. The highest BCUT2D eigenvalue weighted by Gasteiger charge is 2.09. The number of aliphatic carboxylic acids is 1. The number of nitrogens with zero attached hydrogens (tertiary/aromatic N) is 1. The lowest BCUT2D eigenvalue weighted by Gasteiger charge is -2.03. The van der Waals surface area contributed by atoms with Crippen molar-refractivity contribution < 1.29 is 18.5 Å². The Morgan fingerprint density at radius 3 is 2.82 bits per heavy atom. The first-order valence-electron chi connectivity index (χ1n) is 4.78. The van der Waals surface area contributed by atoms with Crippen molar-refractivity contribution in [3.8, 4) is 6.07 Å². The van der Waals surface area contributed by atoms with E-state index < -0.39 is 22.6 Å². The number of benzene rings is 1. The van der Waals surface area contributed by atoms with E-state index >= 15 is 0 Å². The molecule has 6 heteroatoms. The summed E-state index contributed by atoms with van der Waals surface area (Å²) < 4.78 is 24.5. The Hall–Kier alpha value is -1.74. The van der Waals surface area contributed by atoms with Crippen LogP contribution in [-0.4, -0.2) is 21.0 Å². The van der Waals surface area contributed by atoms with Crippen LogP contribution in [-0.2, 0) is 21.3 Å². The van der Waals surface area contributed by atoms with Gasteiger partial charge in [-0.25, -0.2) is 4.39 Å². The van der Waals surface area contributed by atoms with Crippen molar-refractivity contribution in [3.63, 3.8) is 0 Å². The molecule has 1 unspecified atom stereocenters. The van der Waals surface area contributed by atoms with Crippen LogP contribution in [0.1, 0.15) is 17.5 Å². The first kappa shape index (κ1) is 13.3. The van der Waals surface area contributed by atoms with Gasteiger partial charge in [-0.3, -0.25) is 9.00 Å². The van der Waals surface area contributed by atoms with Gasteiger partial charge in [0.1, 0.15) is 5.82 Å². The highest BCUT2D eigenvalue weighted by atomic mass is 32.2. The number of carboxylic acids is 1. The third-order valence-electron chi connectivity index (χ3n) is 2.05. The molecule has 1 N–H and O–H groups in total. The van der Waals surface area contributed by atoms with Crippen LogP contribution in [0.4, 0.5) is 4.39 Å². The summed E-state index contributed by atoms with van der Waals surface area (Å²) in [6.45, 7) is 0. The molecule has 0 saturated heterocycles. The Kier molecular flexibility index (Phi) is 4.79. The minimum atomic E-state index is -1.41. The topological polar surface area (TPSA) is 78.2 Å². The number of hydrogen-bond donors (Lipinski definition) is 1. The number of hydrogen-bond acceptors (Lipinski definition) is 3. The van der Waals surface area contributed by atoms with Crippen LogP contribution in [0.2, 0.25) is 0 Å². The van der Waals surface area contributed by atoms with Gasteiger partial charge >= 0.3 is 5.97 Å². The Balaban J connectivity index is 2.74. The molecule has 1 rings (SSSR count). The van der Waals surface area contributed by atoms with Gasteiger partial charge < -0.3 is 5.11 Å². The summed E-state index contributed by atoms with van der Waals surface area (Å²) in [5.74, 6) is -1.54. The molecule has 0 amide bonds. The summed E-state index contributed by atoms with van der Waals surface area (Å²) in [6, 6.07) is 5.50. The van der Waals surface area contributed by atoms with E-state index in [4.69, 9.17) is 10.4 Å². The van der Waals surface area contributed by atoms with E-state index in [1.165, 1.54) is 6.07 Å². The zero-order valence-corrected chi connectivity index (χ0v) is 9.67. The van der Waals surface area contributed by atoms with E-state index in [0.29, 0.717) is 5.56 Å². The molecule has 17 heavy (non-hydrogen) atoms. The smallest absolute Gasteiger partial charge is 0.304 e. The molecule has 0 bridgehead atoms. The predicted octanol–water partition coefficient (Wildman–Crippen LogP) is 1.42. The second kappa shape index (κ2) is 6.11. The van der Waals surface area contributed by atoms with E-state index in [0.717, 1.165) is 12.1 Å². The molecule has 4 nitrogen and oxygen atoms in total. The van der Waals surface area contributed by atoms with E-state index in [-0.39, 0.29) is 23.5 Å². The van der Waals surface area contributed by atoms with Crippen molar-refractivity contribution in [2.24, 2.45) is 0 Å². The molecule has 0 aliphatic rings. The summed E-state index contributed by atoms with van der Waals surface area (Å²) in [4.78, 5) is 10.3.